The number of para-hydroxylation sites is 2. The molecule has 0 saturated heterocycles. The third kappa shape index (κ3) is 7.01. The van der Waals surface area contributed by atoms with E-state index in [1.165, 1.54) is 77.7 Å². The van der Waals surface area contributed by atoms with Gasteiger partial charge in [-0.05, 0) is 112 Å². The molecule has 2 aliphatic carbocycles. The van der Waals surface area contributed by atoms with Crippen LogP contribution in [0.15, 0.2) is 248 Å². The molecule has 68 heavy (non-hydrogen) atoms. The van der Waals surface area contributed by atoms with Gasteiger partial charge in [-0.1, -0.05) is 188 Å². The van der Waals surface area contributed by atoms with Gasteiger partial charge in [-0.2, -0.15) is 0 Å². The van der Waals surface area contributed by atoms with E-state index < -0.39 is 0 Å². The molecule has 0 bridgehead atoms. The first-order valence-electron chi connectivity index (χ1n) is 23.7. The van der Waals surface area contributed by atoms with Gasteiger partial charge in [0.05, 0.1) is 28.5 Å². The second-order valence-electron chi connectivity index (χ2n) is 18.1. The van der Waals surface area contributed by atoms with Crippen LogP contribution in [0.3, 0.4) is 0 Å². The average molecular weight is 871 g/mol. The number of hydrogen-bond donors (Lipinski definition) is 0. The maximum Gasteiger partial charge on any atom is 0.160 e. The van der Waals surface area contributed by atoms with Gasteiger partial charge in [-0.25, -0.2) is 9.97 Å². The Labute approximate surface area is 396 Å². The van der Waals surface area contributed by atoms with E-state index >= 15 is 0 Å². The van der Waals surface area contributed by atoms with E-state index in [1.54, 1.807) is 0 Å². The quantitative estimate of drug-likeness (QED) is 0.153. The van der Waals surface area contributed by atoms with Gasteiger partial charge in [0, 0.05) is 44.9 Å². The monoisotopic (exact) mass is 870 g/mol. The molecule has 0 saturated carbocycles. The predicted molar refractivity (Wildman–Crippen MR) is 282 cm³/mol. The molecular weight excluding hydrogens is 825 g/mol. The number of aromatic nitrogens is 3. The lowest BCUT2D eigenvalue weighted by Gasteiger charge is -2.33. The van der Waals surface area contributed by atoms with Crippen molar-refractivity contribution in [2.75, 3.05) is 4.90 Å². The lowest BCUT2D eigenvalue weighted by Crippen LogP contribution is -2.33. The molecular formula is C64H46N4. The van der Waals surface area contributed by atoms with E-state index in [0.717, 1.165) is 46.9 Å². The van der Waals surface area contributed by atoms with Crippen molar-refractivity contribution in [2.45, 2.75) is 24.8 Å². The largest absolute Gasteiger partial charge is 0.337 e. The summed E-state index contributed by atoms with van der Waals surface area (Å²) >= 11 is 0. The highest BCUT2D eigenvalue weighted by Crippen LogP contribution is 2.49. The summed E-state index contributed by atoms with van der Waals surface area (Å²) in [6, 6.07) is 76.5. The molecule has 3 aliphatic rings. The summed E-state index contributed by atoms with van der Waals surface area (Å²) in [6.07, 6.45) is 13.8. The first-order valence-corrected chi connectivity index (χ1v) is 23.7. The average Bonchev–Trinajstić information content (AvgIpc) is 3.94. The molecule has 0 amide bonds. The Kier molecular flexibility index (Phi) is 9.75. The van der Waals surface area contributed by atoms with Gasteiger partial charge in [0.15, 0.2) is 5.82 Å². The van der Waals surface area contributed by atoms with E-state index in [1.807, 2.05) is 24.3 Å². The molecule has 2 aromatic heterocycles. The minimum absolute atomic E-state index is 0.187. The summed E-state index contributed by atoms with van der Waals surface area (Å²) in [5.41, 5.74) is 20.1. The summed E-state index contributed by atoms with van der Waals surface area (Å²) < 4.78 is 2.45. The Morgan fingerprint density at radius 2 is 1.06 bits per heavy atom. The fourth-order valence-corrected chi connectivity index (χ4v) is 10.8. The lowest BCUT2D eigenvalue weighted by atomic mass is 9.86. The maximum atomic E-state index is 5.15. The van der Waals surface area contributed by atoms with Crippen molar-refractivity contribution in [3.63, 3.8) is 0 Å². The summed E-state index contributed by atoms with van der Waals surface area (Å²) in [5.74, 6) is 0.968. The number of anilines is 1. The SMILES string of the molecule is C1=CC2C(C=C1c1ccc3c(c1)c1ccccc1n3-c1cc(-c3ccccc3)cc(-c3ccccc3)c1)c1ccccc1N2C1=CC=C(c2cc(-c3ccccc3)nc(-c3ccccc3)n2)CC1. The van der Waals surface area contributed by atoms with Crippen LogP contribution in [-0.4, -0.2) is 20.6 Å². The van der Waals surface area contributed by atoms with Gasteiger partial charge >= 0.3 is 0 Å². The minimum Gasteiger partial charge on any atom is -0.337 e. The van der Waals surface area contributed by atoms with Gasteiger partial charge in [0.25, 0.3) is 0 Å². The Morgan fingerprint density at radius 3 is 1.76 bits per heavy atom. The topological polar surface area (TPSA) is 34.0 Å². The smallest absolute Gasteiger partial charge is 0.160 e. The van der Waals surface area contributed by atoms with Crippen LogP contribution < -0.4 is 4.90 Å². The zero-order chi connectivity index (χ0) is 45.0. The molecule has 0 spiro atoms. The van der Waals surface area contributed by atoms with E-state index in [0.29, 0.717) is 0 Å². The molecule has 2 unspecified atom stereocenters. The van der Waals surface area contributed by atoms with Crippen molar-refractivity contribution in [1.29, 1.82) is 0 Å². The number of fused-ring (bicyclic) bond motifs is 6. The van der Waals surface area contributed by atoms with Gasteiger partial charge in [0.2, 0.25) is 0 Å². The second kappa shape index (κ2) is 16.7. The molecule has 10 aromatic rings. The normalized spacial score (nSPS) is 16.3. The third-order valence-electron chi connectivity index (χ3n) is 14.0. The van der Waals surface area contributed by atoms with Crippen LogP contribution in [0.5, 0.6) is 0 Å². The number of rotatable bonds is 8. The molecule has 8 aromatic carbocycles. The van der Waals surface area contributed by atoms with Crippen LogP contribution in [0.25, 0.3) is 83.5 Å². The minimum atomic E-state index is 0.187. The van der Waals surface area contributed by atoms with Crippen molar-refractivity contribution in [1.82, 2.24) is 14.5 Å². The summed E-state index contributed by atoms with van der Waals surface area (Å²) in [6.45, 7) is 0. The first kappa shape index (κ1) is 39.7. The molecule has 0 fully saturated rings. The van der Waals surface area contributed by atoms with Crippen molar-refractivity contribution in [3.05, 3.63) is 265 Å². The molecule has 4 heteroatoms. The van der Waals surface area contributed by atoms with Gasteiger partial charge in [-0.15, -0.1) is 0 Å². The van der Waals surface area contributed by atoms with Crippen molar-refractivity contribution >= 4 is 38.6 Å². The molecule has 322 valence electrons. The van der Waals surface area contributed by atoms with Crippen molar-refractivity contribution in [3.8, 4) is 50.6 Å². The fraction of sp³-hybridized carbons (Fsp3) is 0.0625. The standard InChI is InChI=1S/C64H46N4/c1-5-17-43(18-6-1)50-37-51(44-19-7-2-8-20-44)39-53(38-50)68-61-28-16-14-26-55(61)57-41-49(32-36-63(57)68)48-31-35-62-56(40-48)54-25-13-15-27-60(54)67(62)52-33-29-46(30-34-52)59-42-58(45-21-9-3-10-22-45)65-64(66-59)47-23-11-4-12-24-47/h1-29,31-33,35-42,56,62H,30,34H2. The molecule has 4 nitrogen and oxygen atoms in total. The van der Waals surface area contributed by atoms with Crippen LogP contribution >= 0.6 is 0 Å². The highest BCUT2D eigenvalue weighted by Gasteiger charge is 2.39. The number of nitrogens with zero attached hydrogens (tertiary/aromatic N) is 4. The van der Waals surface area contributed by atoms with Crippen LogP contribution in [-0.2, 0) is 0 Å². The highest BCUT2D eigenvalue weighted by molar-refractivity contribution is 6.10. The summed E-state index contributed by atoms with van der Waals surface area (Å²) in [4.78, 5) is 12.8. The maximum absolute atomic E-state index is 5.15. The van der Waals surface area contributed by atoms with E-state index in [4.69, 9.17) is 9.97 Å². The molecule has 13 rings (SSSR count). The van der Waals surface area contributed by atoms with Gasteiger partial charge < -0.3 is 9.47 Å². The van der Waals surface area contributed by atoms with Crippen LogP contribution in [0.4, 0.5) is 5.69 Å². The van der Waals surface area contributed by atoms with Crippen LogP contribution in [0.1, 0.15) is 35.6 Å². The zero-order valence-electron chi connectivity index (χ0n) is 37.5. The molecule has 0 N–H and O–H groups in total. The molecule has 3 heterocycles. The van der Waals surface area contributed by atoms with Gasteiger partial charge in [-0.3, -0.25) is 0 Å². The fourth-order valence-electron chi connectivity index (χ4n) is 10.8. The van der Waals surface area contributed by atoms with E-state index in [2.05, 4.69) is 228 Å². The van der Waals surface area contributed by atoms with E-state index in [-0.39, 0.29) is 12.0 Å². The van der Waals surface area contributed by atoms with Crippen LogP contribution in [0, 0.1) is 0 Å². The second-order valence-corrected chi connectivity index (χ2v) is 18.1. The van der Waals surface area contributed by atoms with Gasteiger partial charge in [0.1, 0.15) is 0 Å². The molecule has 2 atom stereocenters. The van der Waals surface area contributed by atoms with Crippen molar-refractivity contribution < 1.29 is 0 Å². The number of allylic oxidation sites excluding steroid dienone is 6. The number of hydrogen-bond acceptors (Lipinski definition) is 3. The van der Waals surface area contributed by atoms with E-state index in [9.17, 15) is 0 Å². The zero-order valence-corrected chi connectivity index (χ0v) is 37.5. The Balaban J connectivity index is 0.852. The summed E-state index contributed by atoms with van der Waals surface area (Å²) in [7, 11) is 0. The predicted octanol–water partition coefficient (Wildman–Crippen LogP) is 15.9. The first-order chi connectivity index (χ1) is 33.7. The molecule has 0 radical (unpaired) electrons. The molecule has 1 aliphatic heterocycles. The number of benzene rings is 8. The van der Waals surface area contributed by atoms with Crippen molar-refractivity contribution in [2.24, 2.45) is 0 Å². The Bertz CT molecular complexity index is 3560. The van der Waals surface area contributed by atoms with Crippen LogP contribution in [0.2, 0.25) is 0 Å². The lowest BCUT2D eigenvalue weighted by molar-refractivity contribution is 0.704. The Morgan fingerprint density at radius 1 is 0.441 bits per heavy atom. The highest BCUT2D eigenvalue weighted by atomic mass is 15.2. The third-order valence-corrected chi connectivity index (χ3v) is 14.0. The Hall–Kier alpha value is -8.60. The summed E-state index contributed by atoms with van der Waals surface area (Å²) in [5, 5.41) is 2.50.